The summed E-state index contributed by atoms with van der Waals surface area (Å²) in [6, 6.07) is 11.1. The number of hydrogen-bond donors (Lipinski definition) is 0. The van der Waals surface area contributed by atoms with E-state index in [0.29, 0.717) is 40.8 Å². The van der Waals surface area contributed by atoms with Gasteiger partial charge in [-0.15, -0.1) is 0 Å². The molecular formula is C29H33F3N6O2Si. The van der Waals surface area contributed by atoms with Crippen molar-refractivity contribution in [1.82, 2.24) is 24.3 Å². The smallest absolute Gasteiger partial charge is 0.361 e. The van der Waals surface area contributed by atoms with Gasteiger partial charge in [-0.25, -0.2) is 4.98 Å². The highest BCUT2D eigenvalue weighted by atomic mass is 28.3. The Kier molecular flexibility index (Phi) is 7.64. The summed E-state index contributed by atoms with van der Waals surface area (Å²) in [5.74, 6) is 0.261. The number of aromatic nitrogens is 5. The van der Waals surface area contributed by atoms with Crippen LogP contribution in [0.2, 0.25) is 25.7 Å². The maximum atomic E-state index is 13.9. The molecule has 0 N–H and O–H groups in total. The van der Waals surface area contributed by atoms with E-state index >= 15 is 0 Å². The lowest BCUT2D eigenvalue weighted by Crippen LogP contribution is -2.42. The van der Waals surface area contributed by atoms with Gasteiger partial charge in [-0.3, -0.25) is 14.5 Å². The second-order valence-corrected chi connectivity index (χ2v) is 17.1. The van der Waals surface area contributed by atoms with Crippen molar-refractivity contribution in [2.24, 2.45) is 0 Å². The van der Waals surface area contributed by atoms with Crippen LogP contribution in [0.15, 0.2) is 54.9 Å². The first kappa shape index (κ1) is 28.7. The molecule has 1 atom stereocenters. The summed E-state index contributed by atoms with van der Waals surface area (Å²) >= 11 is 0. The summed E-state index contributed by atoms with van der Waals surface area (Å²) < 4.78 is 49.1. The van der Waals surface area contributed by atoms with Gasteiger partial charge in [-0.1, -0.05) is 25.7 Å². The summed E-state index contributed by atoms with van der Waals surface area (Å²) in [4.78, 5) is 24.8. The molecule has 4 heterocycles. The molecule has 0 saturated heterocycles. The molecule has 1 aromatic carbocycles. The monoisotopic (exact) mass is 582 g/mol. The molecule has 0 fully saturated rings. The van der Waals surface area contributed by atoms with Crippen LogP contribution in [0.5, 0.6) is 0 Å². The van der Waals surface area contributed by atoms with E-state index in [-0.39, 0.29) is 25.2 Å². The van der Waals surface area contributed by atoms with Gasteiger partial charge in [0.15, 0.2) is 5.82 Å². The molecule has 8 nitrogen and oxygen atoms in total. The van der Waals surface area contributed by atoms with Gasteiger partial charge in [0, 0.05) is 38.8 Å². The fourth-order valence-corrected chi connectivity index (χ4v) is 5.62. The minimum atomic E-state index is -4.45. The van der Waals surface area contributed by atoms with Crippen molar-refractivity contribution in [1.29, 1.82) is 0 Å². The van der Waals surface area contributed by atoms with Gasteiger partial charge in [-0.05, 0) is 56.3 Å². The number of anilines is 1. The van der Waals surface area contributed by atoms with Gasteiger partial charge in [0.2, 0.25) is 0 Å². The highest BCUT2D eigenvalue weighted by Gasteiger charge is 2.36. The number of carbonyl (C=O) groups excluding carboxylic acids is 1. The zero-order valence-corrected chi connectivity index (χ0v) is 24.7. The zero-order chi connectivity index (χ0) is 29.5. The third-order valence-corrected chi connectivity index (χ3v) is 8.90. The Balaban J connectivity index is 1.53. The number of ether oxygens (including phenoxy) is 1. The molecule has 1 aliphatic rings. The maximum Gasteiger partial charge on any atom is 0.416 e. The topological polar surface area (TPSA) is 78.1 Å². The fourth-order valence-electron chi connectivity index (χ4n) is 4.86. The van der Waals surface area contributed by atoms with Crippen molar-refractivity contribution in [2.75, 3.05) is 18.1 Å². The van der Waals surface area contributed by atoms with E-state index in [1.165, 1.54) is 17.0 Å². The van der Waals surface area contributed by atoms with Gasteiger partial charge in [0.05, 0.1) is 29.1 Å². The van der Waals surface area contributed by atoms with Crippen LogP contribution in [0.1, 0.15) is 34.7 Å². The first-order valence-electron chi connectivity index (χ1n) is 13.5. The molecule has 4 aromatic rings. The molecule has 1 amide bonds. The number of halogens is 3. The summed E-state index contributed by atoms with van der Waals surface area (Å²) in [6.07, 6.45) is -1.12. The van der Waals surface area contributed by atoms with Crippen LogP contribution in [-0.2, 0) is 17.6 Å². The van der Waals surface area contributed by atoms with Crippen molar-refractivity contribution in [2.45, 2.75) is 58.5 Å². The molecule has 0 aliphatic carbocycles. The number of nitrogens with zero attached hydrogens (tertiary/aromatic N) is 6. The number of carbonyl (C=O) groups is 1. The third kappa shape index (κ3) is 5.84. The Labute approximate surface area is 237 Å². The SMILES string of the molecule is Cc1c(-c2cnn3c2C(=O)N(c2ccc(C(F)(F)F)cc2)C[C@@H]3C)nc(-c2ccccn2)n1COCC[Si](C)(C)C. The minimum Gasteiger partial charge on any atom is -0.361 e. The van der Waals surface area contributed by atoms with Crippen LogP contribution >= 0.6 is 0 Å². The molecule has 12 heteroatoms. The Hall–Kier alpha value is -3.77. The molecule has 1 aliphatic heterocycles. The molecule has 0 bridgehead atoms. The number of fused-ring (bicyclic) bond motifs is 1. The van der Waals surface area contributed by atoms with Gasteiger partial charge in [-0.2, -0.15) is 18.3 Å². The van der Waals surface area contributed by atoms with Gasteiger partial charge >= 0.3 is 6.18 Å². The lowest BCUT2D eigenvalue weighted by atomic mass is 10.1. The van der Waals surface area contributed by atoms with Crippen LogP contribution < -0.4 is 4.90 Å². The molecule has 41 heavy (non-hydrogen) atoms. The molecule has 0 radical (unpaired) electrons. The first-order valence-corrected chi connectivity index (χ1v) is 17.2. The van der Waals surface area contributed by atoms with Crippen molar-refractivity contribution in [3.8, 4) is 22.8 Å². The molecular weight excluding hydrogens is 549 g/mol. The maximum absolute atomic E-state index is 13.9. The Morgan fingerprint density at radius 2 is 1.83 bits per heavy atom. The molecule has 0 saturated carbocycles. The Morgan fingerprint density at radius 1 is 1.10 bits per heavy atom. The van der Waals surface area contributed by atoms with E-state index in [0.717, 1.165) is 23.9 Å². The van der Waals surface area contributed by atoms with Crippen molar-refractivity contribution in [3.05, 3.63) is 71.8 Å². The number of rotatable bonds is 8. The summed E-state index contributed by atoms with van der Waals surface area (Å²) in [5, 5.41) is 4.52. The average Bonchev–Trinajstić information content (AvgIpc) is 3.50. The van der Waals surface area contributed by atoms with Crippen LogP contribution in [0.4, 0.5) is 18.9 Å². The van der Waals surface area contributed by atoms with Gasteiger partial charge in [0.1, 0.15) is 18.1 Å². The lowest BCUT2D eigenvalue weighted by molar-refractivity contribution is -0.137. The summed E-state index contributed by atoms with van der Waals surface area (Å²) in [6.45, 7) is 11.9. The van der Waals surface area contributed by atoms with E-state index in [9.17, 15) is 18.0 Å². The number of benzene rings is 1. The average molecular weight is 583 g/mol. The molecule has 0 unspecified atom stereocenters. The number of pyridine rings is 1. The fraction of sp³-hybridized carbons (Fsp3) is 0.379. The first-order chi connectivity index (χ1) is 19.3. The Bertz CT molecular complexity index is 1540. The number of imidazole rings is 1. The van der Waals surface area contributed by atoms with Crippen LogP contribution in [-0.4, -0.2) is 51.4 Å². The van der Waals surface area contributed by atoms with E-state index in [4.69, 9.17) is 9.72 Å². The quantitative estimate of drug-likeness (QED) is 0.171. The molecule has 3 aromatic heterocycles. The summed E-state index contributed by atoms with van der Waals surface area (Å²) in [7, 11) is -1.27. The highest BCUT2D eigenvalue weighted by molar-refractivity contribution is 6.76. The predicted molar refractivity (Wildman–Crippen MR) is 153 cm³/mol. The molecule has 5 rings (SSSR count). The van der Waals surface area contributed by atoms with Crippen molar-refractivity contribution < 1.29 is 22.7 Å². The summed E-state index contributed by atoms with van der Waals surface area (Å²) in [5.41, 5.74) is 2.55. The lowest BCUT2D eigenvalue weighted by Gasteiger charge is -2.32. The minimum absolute atomic E-state index is 0.207. The number of amides is 1. The van der Waals surface area contributed by atoms with Crippen LogP contribution in [0, 0.1) is 6.92 Å². The van der Waals surface area contributed by atoms with E-state index in [1.807, 2.05) is 36.6 Å². The Morgan fingerprint density at radius 3 is 2.46 bits per heavy atom. The zero-order valence-electron chi connectivity index (χ0n) is 23.7. The second kappa shape index (κ2) is 10.9. The van der Waals surface area contributed by atoms with Gasteiger partial charge in [0.25, 0.3) is 5.91 Å². The normalized spacial score (nSPS) is 15.9. The largest absolute Gasteiger partial charge is 0.416 e. The van der Waals surface area contributed by atoms with E-state index in [1.54, 1.807) is 17.1 Å². The third-order valence-electron chi connectivity index (χ3n) is 7.20. The van der Waals surface area contributed by atoms with E-state index < -0.39 is 19.8 Å². The number of alkyl halides is 3. The second-order valence-electron chi connectivity index (χ2n) is 11.5. The molecule has 216 valence electrons. The molecule has 0 spiro atoms. The standard InChI is InChI=1S/C29H33F3N6O2Si/c1-19-17-36(22-11-9-21(10-12-22)29(30,31)32)28(39)26-23(16-34-38(19)26)25-20(2)37(18-40-14-15-41(3,4)5)27(35-25)24-8-6-7-13-33-24/h6-13,16,19H,14-15,17-18H2,1-5H3/t19-/m0/s1. The predicted octanol–water partition coefficient (Wildman–Crippen LogP) is 6.67. The van der Waals surface area contributed by atoms with Crippen LogP contribution in [0.25, 0.3) is 22.8 Å². The van der Waals surface area contributed by atoms with Crippen molar-refractivity contribution in [3.63, 3.8) is 0 Å². The van der Waals surface area contributed by atoms with Gasteiger partial charge < -0.3 is 14.2 Å². The van der Waals surface area contributed by atoms with Crippen molar-refractivity contribution >= 4 is 19.7 Å². The van der Waals surface area contributed by atoms with E-state index in [2.05, 4.69) is 29.7 Å². The highest BCUT2D eigenvalue weighted by Crippen LogP contribution is 2.36. The number of hydrogen-bond acceptors (Lipinski definition) is 5. The van der Waals surface area contributed by atoms with Crippen LogP contribution in [0.3, 0.4) is 0 Å².